The Kier molecular flexibility index (Phi) is 7.35. The molecule has 2 N–H and O–H groups in total. The fraction of sp³-hybridized carbons (Fsp3) is 0.588. The van der Waals surface area contributed by atoms with Crippen LogP contribution in [0.4, 0.5) is 5.69 Å². The van der Waals surface area contributed by atoms with Gasteiger partial charge < -0.3 is 15.2 Å². The maximum atomic E-state index is 12.2. The lowest BCUT2D eigenvalue weighted by atomic mass is 9.97. The molecule has 0 radical (unpaired) electrons. The SMILES string of the molecule is CCN(CC(=O)Nc1cccc(OC)c1)CC(O)(CC)CC. The molecular weight excluding hydrogens is 280 g/mol. The smallest absolute Gasteiger partial charge is 0.238 e. The third-order valence-corrected chi connectivity index (χ3v) is 4.00. The molecule has 0 aliphatic carbocycles. The Morgan fingerprint density at radius 2 is 2.00 bits per heavy atom. The van der Waals surface area contributed by atoms with Crippen LogP contribution in [-0.4, -0.2) is 48.3 Å². The van der Waals surface area contributed by atoms with Crippen LogP contribution in [0.3, 0.4) is 0 Å². The number of amides is 1. The second kappa shape index (κ2) is 8.76. The van der Waals surface area contributed by atoms with Crippen molar-refractivity contribution in [1.29, 1.82) is 0 Å². The molecule has 0 aliphatic heterocycles. The molecule has 0 unspecified atom stereocenters. The summed E-state index contributed by atoms with van der Waals surface area (Å²) in [6.07, 6.45) is 1.36. The van der Waals surface area contributed by atoms with Gasteiger partial charge in [-0.2, -0.15) is 0 Å². The van der Waals surface area contributed by atoms with E-state index in [4.69, 9.17) is 4.74 Å². The van der Waals surface area contributed by atoms with Crippen molar-refractivity contribution in [2.75, 3.05) is 32.1 Å². The van der Waals surface area contributed by atoms with Gasteiger partial charge in [0, 0.05) is 18.3 Å². The van der Waals surface area contributed by atoms with Crippen molar-refractivity contribution in [3.8, 4) is 5.75 Å². The average molecular weight is 308 g/mol. The Morgan fingerprint density at radius 3 is 2.55 bits per heavy atom. The average Bonchev–Trinajstić information content (AvgIpc) is 2.54. The molecule has 5 heteroatoms. The largest absolute Gasteiger partial charge is 0.497 e. The van der Waals surface area contributed by atoms with Crippen molar-refractivity contribution in [3.05, 3.63) is 24.3 Å². The van der Waals surface area contributed by atoms with Crippen LogP contribution in [0.1, 0.15) is 33.6 Å². The standard InChI is InChI=1S/C17H28N2O3/c1-5-17(21,6-2)13-19(7-3)12-16(20)18-14-9-8-10-15(11-14)22-4/h8-11,21H,5-7,12-13H2,1-4H3,(H,18,20). The number of benzene rings is 1. The summed E-state index contributed by atoms with van der Waals surface area (Å²) in [5.41, 5.74) is -0.0200. The minimum Gasteiger partial charge on any atom is -0.497 e. The van der Waals surface area contributed by atoms with E-state index < -0.39 is 5.60 Å². The Hall–Kier alpha value is -1.59. The molecule has 0 atom stereocenters. The molecule has 22 heavy (non-hydrogen) atoms. The van der Waals surface area contributed by atoms with E-state index in [0.717, 1.165) is 0 Å². The summed E-state index contributed by atoms with van der Waals surface area (Å²) in [6, 6.07) is 7.27. The molecule has 0 aromatic heterocycles. The molecule has 0 saturated carbocycles. The zero-order chi connectivity index (χ0) is 16.6. The number of aliphatic hydroxyl groups is 1. The second-order valence-electron chi connectivity index (χ2n) is 5.51. The summed E-state index contributed by atoms with van der Waals surface area (Å²) in [7, 11) is 1.59. The first kappa shape index (κ1) is 18.5. The Labute approximate surface area is 133 Å². The lowest BCUT2D eigenvalue weighted by Crippen LogP contribution is -2.45. The summed E-state index contributed by atoms with van der Waals surface area (Å²) < 4.78 is 5.14. The molecule has 0 saturated heterocycles. The number of likely N-dealkylation sites (N-methyl/N-ethyl adjacent to an activating group) is 1. The van der Waals surface area contributed by atoms with E-state index in [1.165, 1.54) is 0 Å². The summed E-state index contributed by atoms with van der Waals surface area (Å²) in [6.45, 7) is 7.40. The number of carbonyl (C=O) groups is 1. The molecule has 0 heterocycles. The maximum absolute atomic E-state index is 12.2. The molecule has 1 aromatic rings. The molecular formula is C17H28N2O3. The number of carbonyl (C=O) groups excluding carboxylic acids is 1. The first-order valence-corrected chi connectivity index (χ1v) is 7.85. The second-order valence-corrected chi connectivity index (χ2v) is 5.51. The molecule has 1 amide bonds. The number of hydrogen-bond donors (Lipinski definition) is 2. The highest BCUT2D eigenvalue weighted by atomic mass is 16.5. The van der Waals surface area contributed by atoms with Gasteiger partial charge in [0.2, 0.25) is 5.91 Å². The predicted molar refractivity (Wildman–Crippen MR) is 89.3 cm³/mol. The van der Waals surface area contributed by atoms with Crippen LogP contribution < -0.4 is 10.1 Å². The van der Waals surface area contributed by atoms with Crippen LogP contribution in [0, 0.1) is 0 Å². The van der Waals surface area contributed by atoms with Gasteiger partial charge in [-0.15, -0.1) is 0 Å². The van der Waals surface area contributed by atoms with Crippen molar-refractivity contribution < 1.29 is 14.6 Å². The van der Waals surface area contributed by atoms with Gasteiger partial charge in [-0.25, -0.2) is 0 Å². The van der Waals surface area contributed by atoms with Crippen LogP contribution in [0.15, 0.2) is 24.3 Å². The Morgan fingerprint density at radius 1 is 1.32 bits per heavy atom. The van der Waals surface area contributed by atoms with Crippen LogP contribution in [-0.2, 0) is 4.79 Å². The van der Waals surface area contributed by atoms with Crippen molar-refractivity contribution in [2.24, 2.45) is 0 Å². The topological polar surface area (TPSA) is 61.8 Å². The first-order valence-electron chi connectivity index (χ1n) is 7.85. The molecule has 1 aromatic carbocycles. The zero-order valence-corrected chi connectivity index (χ0v) is 14.1. The quantitative estimate of drug-likeness (QED) is 0.736. The highest BCUT2D eigenvalue weighted by Gasteiger charge is 2.25. The van der Waals surface area contributed by atoms with Crippen LogP contribution >= 0.6 is 0 Å². The fourth-order valence-electron chi connectivity index (χ4n) is 2.27. The van der Waals surface area contributed by atoms with Crippen molar-refractivity contribution >= 4 is 11.6 Å². The molecule has 0 fully saturated rings. The van der Waals surface area contributed by atoms with E-state index >= 15 is 0 Å². The van der Waals surface area contributed by atoms with Gasteiger partial charge in [-0.3, -0.25) is 9.69 Å². The van der Waals surface area contributed by atoms with Crippen molar-refractivity contribution in [2.45, 2.75) is 39.2 Å². The monoisotopic (exact) mass is 308 g/mol. The summed E-state index contributed by atoms with van der Waals surface area (Å²) in [5.74, 6) is 0.612. The lowest BCUT2D eigenvalue weighted by Gasteiger charge is -2.32. The molecule has 1 rings (SSSR count). The van der Waals surface area contributed by atoms with E-state index in [1.54, 1.807) is 13.2 Å². The molecule has 0 spiro atoms. The van der Waals surface area contributed by atoms with Crippen LogP contribution in [0.25, 0.3) is 0 Å². The maximum Gasteiger partial charge on any atom is 0.238 e. The Bertz CT molecular complexity index is 473. The molecule has 0 bridgehead atoms. The highest BCUT2D eigenvalue weighted by molar-refractivity contribution is 5.92. The van der Waals surface area contributed by atoms with Gasteiger partial charge >= 0.3 is 0 Å². The van der Waals surface area contributed by atoms with Gasteiger partial charge in [0.1, 0.15) is 5.75 Å². The van der Waals surface area contributed by atoms with Gasteiger partial charge in [0.15, 0.2) is 0 Å². The number of nitrogens with zero attached hydrogens (tertiary/aromatic N) is 1. The summed E-state index contributed by atoms with van der Waals surface area (Å²) >= 11 is 0. The molecule has 0 aliphatic rings. The number of ether oxygens (including phenoxy) is 1. The number of nitrogens with one attached hydrogen (secondary N) is 1. The number of rotatable bonds is 9. The van der Waals surface area contributed by atoms with Gasteiger partial charge in [0.05, 0.1) is 19.3 Å². The van der Waals surface area contributed by atoms with Crippen LogP contribution in [0.5, 0.6) is 5.75 Å². The van der Waals surface area contributed by atoms with Gasteiger partial charge in [0.25, 0.3) is 0 Å². The summed E-state index contributed by atoms with van der Waals surface area (Å²) in [5, 5.41) is 13.3. The summed E-state index contributed by atoms with van der Waals surface area (Å²) in [4.78, 5) is 14.1. The van der Waals surface area contributed by atoms with E-state index in [9.17, 15) is 9.90 Å². The third kappa shape index (κ3) is 5.66. The van der Waals surface area contributed by atoms with Gasteiger partial charge in [-0.05, 0) is 31.5 Å². The van der Waals surface area contributed by atoms with Crippen LogP contribution in [0.2, 0.25) is 0 Å². The normalized spacial score (nSPS) is 11.5. The Balaban J connectivity index is 2.61. The molecule has 5 nitrogen and oxygen atoms in total. The fourth-order valence-corrected chi connectivity index (χ4v) is 2.27. The first-order chi connectivity index (χ1) is 10.5. The third-order valence-electron chi connectivity index (χ3n) is 4.00. The minimum atomic E-state index is -0.730. The molecule has 124 valence electrons. The highest BCUT2D eigenvalue weighted by Crippen LogP contribution is 2.18. The zero-order valence-electron chi connectivity index (χ0n) is 14.1. The van der Waals surface area contributed by atoms with Crippen molar-refractivity contribution in [3.63, 3.8) is 0 Å². The minimum absolute atomic E-state index is 0.0929. The number of anilines is 1. The predicted octanol–water partition coefficient (Wildman–Crippen LogP) is 2.51. The number of methoxy groups -OCH3 is 1. The van der Waals surface area contributed by atoms with E-state index in [0.29, 0.717) is 37.4 Å². The number of hydrogen-bond acceptors (Lipinski definition) is 4. The van der Waals surface area contributed by atoms with E-state index in [-0.39, 0.29) is 12.5 Å². The van der Waals surface area contributed by atoms with Crippen molar-refractivity contribution in [1.82, 2.24) is 4.90 Å². The lowest BCUT2D eigenvalue weighted by molar-refractivity contribution is -0.118. The van der Waals surface area contributed by atoms with E-state index in [2.05, 4.69) is 5.32 Å². The van der Waals surface area contributed by atoms with Gasteiger partial charge in [-0.1, -0.05) is 26.8 Å². The van der Waals surface area contributed by atoms with E-state index in [1.807, 2.05) is 43.9 Å².